The second-order valence-corrected chi connectivity index (χ2v) is 6.77. The number of thioether (sulfide) groups is 1. The highest BCUT2D eigenvalue weighted by Crippen LogP contribution is 2.40. The van der Waals surface area contributed by atoms with Crippen molar-refractivity contribution >= 4 is 40.5 Å². The first-order valence-electron chi connectivity index (χ1n) is 8.47. The molecule has 0 atom stereocenters. The molecule has 2 aromatic carbocycles. The van der Waals surface area contributed by atoms with Crippen LogP contribution in [0, 0.1) is 0 Å². The van der Waals surface area contributed by atoms with Crippen LogP contribution >= 0.6 is 11.8 Å². The number of carboxylic acids is 1. The number of carbonyl (C=O) groups is 2. The summed E-state index contributed by atoms with van der Waals surface area (Å²) in [4.78, 5) is 28.2. The molecule has 0 bridgehead atoms. The number of para-hydroxylation sites is 1. The van der Waals surface area contributed by atoms with Gasteiger partial charge >= 0.3 is 11.9 Å². The number of ether oxygens (including phenoxy) is 1. The van der Waals surface area contributed by atoms with Gasteiger partial charge in [0.1, 0.15) is 16.4 Å². The summed E-state index contributed by atoms with van der Waals surface area (Å²) in [6.45, 7) is 1.86. The van der Waals surface area contributed by atoms with Gasteiger partial charge in [-0.2, -0.15) is 0 Å². The minimum absolute atomic E-state index is 0.0177. The third kappa shape index (κ3) is 4.32. The van der Waals surface area contributed by atoms with Crippen molar-refractivity contribution in [1.82, 2.24) is 0 Å². The molecule has 0 radical (unpaired) electrons. The number of benzene rings is 2. The number of aliphatic hydroxyl groups excluding tert-OH is 1. The minimum Gasteiger partial charge on any atom is -0.506 e. The average Bonchev–Trinajstić information content (AvgIpc) is 2.98. The molecule has 0 unspecified atom stereocenters. The summed E-state index contributed by atoms with van der Waals surface area (Å²) in [5.41, 5.74) is 1.51. The van der Waals surface area contributed by atoms with Crippen molar-refractivity contribution in [3.63, 3.8) is 0 Å². The summed E-state index contributed by atoms with van der Waals surface area (Å²) >= 11 is 1.15. The number of esters is 1. The molecular weight excluding hydrogens is 378 g/mol. The van der Waals surface area contributed by atoms with Gasteiger partial charge in [0.15, 0.2) is 0 Å². The largest absolute Gasteiger partial charge is 0.506 e. The second-order valence-electron chi connectivity index (χ2n) is 5.73. The number of carbonyl (C=O) groups excluding carboxylic acids is 1. The van der Waals surface area contributed by atoms with Crippen LogP contribution in [0.2, 0.25) is 0 Å². The van der Waals surface area contributed by atoms with E-state index in [0.29, 0.717) is 21.2 Å². The molecule has 2 N–H and O–H groups in total. The lowest BCUT2D eigenvalue weighted by atomic mass is 10.1. The molecule has 1 heterocycles. The number of aliphatic imine (C=N–C) groups is 1. The Balaban J connectivity index is 2.00. The van der Waals surface area contributed by atoms with Crippen molar-refractivity contribution in [3.8, 4) is 0 Å². The van der Waals surface area contributed by atoms with Crippen LogP contribution in [0.3, 0.4) is 0 Å². The van der Waals surface area contributed by atoms with Gasteiger partial charge in [0.2, 0.25) is 0 Å². The quantitative estimate of drug-likeness (QED) is 0.720. The fourth-order valence-electron chi connectivity index (χ4n) is 2.48. The first-order chi connectivity index (χ1) is 13.5. The lowest BCUT2D eigenvalue weighted by molar-refractivity contribution is -0.138. The molecule has 0 saturated carbocycles. The molecule has 6 nitrogen and oxygen atoms in total. The topological polar surface area (TPSA) is 96.2 Å². The SMILES string of the molecule is CCOC(=O)C1=C(O)/C(=C/c2ccc(C(=O)O)cc2)SC1=Nc1ccccc1. The summed E-state index contributed by atoms with van der Waals surface area (Å²) < 4.78 is 5.06. The number of carboxylic acid groups (broad SMARTS) is 1. The summed E-state index contributed by atoms with van der Waals surface area (Å²) in [5.74, 6) is -1.87. The zero-order valence-electron chi connectivity index (χ0n) is 15.0. The maximum atomic E-state index is 12.3. The molecule has 2 aromatic rings. The zero-order valence-corrected chi connectivity index (χ0v) is 15.8. The van der Waals surface area contributed by atoms with E-state index in [9.17, 15) is 14.7 Å². The van der Waals surface area contributed by atoms with Gasteiger partial charge in [-0.1, -0.05) is 42.1 Å². The van der Waals surface area contributed by atoms with Gasteiger partial charge in [-0.05, 0) is 42.8 Å². The van der Waals surface area contributed by atoms with E-state index in [1.165, 1.54) is 12.1 Å². The lowest BCUT2D eigenvalue weighted by Gasteiger charge is -2.03. The summed E-state index contributed by atoms with van der Waals surface area (Å²) in [5, 5.41) is 19.9. The highest BCUT2D eigenvalue weighted by Gasteiger charge is 2.33. The normalized spacial score (nSPS) is 16.6. The maximum Gasteiger partial charge on any atom is 0.344 e. The molecule has 0 aromatic heterocycles. The molecule has 0 amide bonds. The summed E-state index contributed by atoms with van der Waals surface area (Å²) in [6.07, 6.45) is 1.67. The number of rotatable bonds is 5. The number of nitrogens with zero attached hydrogens (tertiary/aromatic N) is 1. The van der Waals surface area contributed by atoms with E-state index >= 15 is 0 Å². The molecule has 0 spiro atoms. The fraction of sp³-hybridized carbons (Fsp3) is 0.0952. The van der Waals surface area contributed by atoms with Gasteiger partial charge in [-0.15, -0.1) is 0 Å². The minimum atomic E-state index is -1.01. The van der Waals surface area contributed by atoms with Gasteiger partial charge in [-0.3, -0.25) is 0 Å². The van der Waals surface area contributed by atoms with Gasteiger partial charge in [0, 0.05) is 0 Å². The number of hydrogen-bond acceptors (Lipinski definition) is 6. The van der Waals surface area contributed by atoms with Crippen LogP contribution in [-0.2, 0) is 9.53 Å². The Morgan fingerprint density at radius 3 is 2.39 bits per heavy atom. The van der Waals surface area contributed by atoms with E-state index in [2.05, 4.69) is 4.99 Å². The van der Waals surface area contributed by atoms with Gasteiger partial charge in [-0.25, -0.2) is 14.6 Å². The molecular formula is C21H17NO5S. The van der Waals surface area contributed by atoms with Gasteiger partial charge in [0.25, 0.3) is 0 Å². The highest BCUT2D eigenvalue weighted by atomic mass is 32.2. The molecule has 28 heavy (non-hydrogen) atoms. The lowest BCUT2D eigenvalue weighted by Crippen LogP contribution is -2.12. The van der Waals surface area contributed by atoms with Gasteiger partial charge < -0.3 is 14.9 Å². The van der Waals surface area contributed by atoms with Crippen LogP contribution < -0.4 is 0 Å². The third-order valence-corrected chi connectivity index (χ3v) is 4.83. The van der Waals surface area contributed by atoms with Crippen LogP contribution in [0.15, 0.2) is 75.8 Å². The fourth-order valence-corrected chi connectivity index (χ4v) is 3.52. The molecule has 0 fully saturated rings. The van der Waals surface area contributed by atoms with E-state index in [4.69, 9.17) is 9.84 Å². The van der Waals surface area contributed by atoms with Crippen LogP contribution in [0.1, 0.15) is 22.8 Å². The number of aromatic carboxylic acids is 1. The molecule has 7 heteroatoms. The van der Waals surface area contributed by atoms with Crippen molar-refractivity contribution in [2.75, 3.05) is 6.61 Å². The molecule has 3 rings (SSSR count). The van der Waals surface area contributed by atoms with Crippen molar-refractivity contribution in [3.05, 3.63) is 82.0 Å². The average molecular weight is 395 g/mol. The predicted octanol–water partition coefficient (Wildman–Crippen LogP) is 4.58. The summed E-state index contributed by atoms with van der Waals surface area (Å²) in [6, 6.07) is 15.3. The first-order valence-corrected chi connectivity index (χ1v) is 9.29. The van der Waals surface area contributed by atoms with Crippen molar-refractivity contribution in [1.29, 1.82) is 0 Å². The maximum absolute atomic E-state index is 12.3. The molecule has 0 saturated heterocycles. The van der Waals surface area contributed by atoms with E-state index in [1.54, 1.807) is 37.3 Å². The monoisotopic (exact) mass is 395 g/mol. The Morgan fingerprint density at radius 2 is 1.79 bits per heavy atom. The molecule has 1 aliphatic rings. The number of hydrogen-bond donors (Lipinski definition) is 2. The Labute approximate surface area is 165 Å². The van der Waals surface area contributed by atoms with Crippen LogP contribution in [0.5, 0.6) is 0 Å². The highest BCUT2D eigenvalue weighted by molar-refractivity contribution is 8.18. The predicted molar refractivity (Wildman–Crippen MR) is 109 cm³/mol. The van der Waals surface area contributed by atoms with Crippen LogP contribution in [-0.4, -0.2) is 33.8 Å². The van der Waals surface area contributed by atoms with E-state index < -0.39 is 11.9 Å². The van der Waals surface area contributed by atoms with E-state index in [0.717, 1.165) is 11.8 Å². The Morgan fingerprint density at radius 1 is 1.11 bits per heavy atom. The summed E-state index contributed by atoms with van der Waals surface area (Å²) in [7, 11) is 0. The van der Waals surface area contributed by atoms with Crippen LogP contribution in [0.25, 0.3) is 6.08 Å². The van der Waals surface area contributed by atoms with Crippen LogP contribution in [0.4, 0.5) is 5.69 Å². The molecule has 0 aliphatic carbocycles. The Hall–Kier alpha value is -3.32. The molecule has 142 valence electrons. The van der Waals surface area contributed by atoms with Gasteiger partial charge in [0.05, 0.1) is 22.8 Å². The smallest absolute Gasteiger partial charge is 0.344 e. The standard InChI is InChI=1S/C21H17NO5S/c1-2-27-21(26)17-18(23)16(12-13-8-10-14(11-9-13)20(24)25)28-19(17)22-15-6-4-3-5-7-15/h3-12,23H,2H2,1H3,(H,24,25)/b16-12-,22-19?. The van der Waals surface area contributed by atoms with Crippen molar-refractivity contribution in [2.45, 2.75) is 6.92 Å². The Kier molecular flexibility index (Phi) is 5.96. The second kappa shape index (κ2) is 8.58. The first kappa shape index (κ1) is 19.4. The van der Waals surface area contributed by atoms with E-state index in [1.807, 2.05) is 18.2 Å². The third-order valence-electron chi connectivity index (χ3n) is 3.81. The van der Waals surface area contributed by atoms with Crippen molar-refractivity contribution < 1.29 is 24.5 Å². The number of aliphatic hydroxyl groups is 1. The van der Waals surface area contributed by atoms with E-state index in [-0.39, 0.29) is 23.5 Å². The van der Waals surface area contributed by atoms with Crippen molar-refractivity contribution in [2.24, 2.45) is 4.99 Å². The Bertz CT molecular complexity index is 991. The zero-order chi connectivity index (χ0) is 20.1. The molecule has 1 aliphatic heterocycles.